The van der Waals surface area contributed by atoms with E-state index in [1.54, 1.807) is 26.1 Å². The number of hydrogen-bond donors (Lipinski definition) is 2. The van der Waals surface area contributed by atoms with E-state index in [0.717, 1.165) is 16.7 Å². The molecule has 0 radical (unpaired) electrons. The number of hydrogen-bond acceptors (Lipinski definition) is 6. The second-order valence-electron chi connectivity index (χ2n) is 7.52. The van der Waals surface area contributed by atoms with Gasteiger partial charge < -0.3 is 20.4 Å². The van der Waals surface area contributed by atoms with Gasteiger partial charge in [0, 0.05) is 17.8 Å². The number of carbonyl (C=O) groups is 1. The molecule has 7 nitrogen and oxygen atoms in total. The predicted octanol–water partition coefficient (Wildman–Crippen LogP) is 3.36. The molecule has 1 aromatic rings. The van der Waals surface area contributed by atoms with Crippen molar-refractivity contribution < 1.29 is 23.9 Å². The molecule has 0 saturated carbocycles. The molecule has 28 heavy (non-hydrogen) atoms. The van der Waals surface area contributed by atoms with Gasteiger partial charge in [-0.2, -0.15) is 0 Å². The molecule has 0 saturated heterocycles. The number of halogens is 1. The molecule has 1 unspecified atom stereocenters. The van der Waals surface area contributed by atoms with Crippen molar-refractivity contribution >= 4 is 17.4 Å². The van der Waals surface area contributed by atoms with E-state index in [2.05, 4.69) is 10.1 Å². The Hall–Kier alpha value is -2.90. The predicted molar refractivity (Wildman–Crippen MR) is 104 cm³/mol. The average molecular weight is 391 g/mol. The highest BCUT2D eigenvalue weighted by Crippen LogP contribution is 2.36. The Morgan fingerprint density at radius 3 is 2.71 bits per heavy atom. The molecule has 1 heterocycles. The van der Waals surface area contributed by atoms with Crippen LogP contribution in [0.1, 0.15) is 38.3 Å². The number of oxime groups is 1. The van der Waals surface area contributed by atoms with Crippen molar-refractivity contribution in [2.75, 3.05) is 13.7 Å². The van der Waals surface area contributed by atoms with E-state index in [9.17, 15) is 9.18 Å². The van der Waals surface area contributed by atoms with Gasteiger partial charge in [0.1, 0.15) is 12.4 Å². The van der Waals surface area contributed by atoms with E-state index < -0.39 is 11.2 Å². The molecule has 0 aromatic carbocycles. The highest BCUT2D eigenvalue weighted by Gasteiger charge is 2.30. The third-order valence-electron chi connectivity index (χ3n) is 4.71. The van der Waals surface area contributed by atoms with Gasteiger partial charge >= 0.3 is 5.97 Å². The Kier molecular flexibility index (Phi) is 6.43. The fourth-order valence-corrected chi connectivity index (χ4v) is 3.11. The minimum atomic E-state index is -0.803. The first-order valence-electron chi connectivity index (χ1n) is 8.87. The zero-order valence-electron chi connectivity index (χ0n) is 16.7. The zero-order valence-corrected chi connectivity index (χ0v) is 16.7. The van der Waals surface area contributed by atoms with Crippen LogP contribution in [0.5, 0.6) is 5.88 Å². The summed E-state index contributed by atoms with van der Waals surface area (Å²) in [5.41, 5.74) is 7.39. The number of methoxy groups -OCH3 is 1. The van der Waals surface area contributed by atoms with Gasteiger partial charge in [0.15, 0.2) is 5.84 Å². The summed E-state index contributed by atoms with van der Waals surface area (Å²) in [6.45, 7) is 7.26. The van der Waals surface area contributed by atoms with Gasteiger partial charge in [-0.25, -0.2) is 9.37 Å². The lowest BCUT2D eigenvalue weighted by Gasteiger charge is -2.23. The molecule has 0 bridgehead atoms. The average Bonchev–Trinajstić information content (AvgIpc) is 2.64. The second-order valence-corrected chi connectivity index (χ2v) is 7.52. The van der Waals surface area contributed by atoms with Gasteiger partial charge in [-0.1, -0.05) is 12.1 Å². The van der Waals surface area contributed by atoms with Crippen molar-refractivity contribution in [1.82, 2.24) is 4.98 Å². The zero-order chi connectivity index (χ0) is 21.1. The quantitative estimate of drug-likeness (QED) is 0.253. The summed E-state index contributed by atoms with van der Waals surface area (Å²) < 4.78 is 24.9. The largest absolute Gasteiger partial charge is 0.476 e. The number of nitrogens with zero attached hydrogens (tertiary/aromatic N) is 2. The summed E-state index contributed by atoms with van der Waals surface area (Å²) in [6, 6.07) is 1.74. The van der Waals surface area contributed by atoms with E-state index >= 15 is 0 Å². The molecule has 152 valence electrons. The summed E-state index contributed by atoms with van der Waals surface area (Å²) in [5.74, 6) is -0.982. The van der Waals surface area contributed by atoms with Crippen LogP contribution in [0.15, 0.2) is 34.9 Å². The Morgan fingerprint density at radius 2 is 2.18 bits per heavy atom. The number of nitrogens with two attached hydrogens (primary N) is 1. The number of ether oxygens (including phenoxy) is 2. The summed E-state index contributed by atoms with van der Waals surface area (Å²) in [4.78, 5) is 16.0. The normalized spacial score (nSPS) is 18.0. The molecule has 1 aliphatic carbocycles. The third kappa shape index (κ3) is 4.49. The number of pyridine rings is 1. The molecule has 1 aromatic heterocycles. The summed E-state index contributed by atoms with van der Waals surface area (Å²) in [6.07, 6.45) is 3.53. The summed E-state index contributed by atoms with van der Waals surface area (Å²) in [5, 5.41) is 11.7. The molecule has 0 aliphatic heterocycles. The van der Waals surface area contributed by atoms with Crippen molar-refractivity contribution in [3.63, 3.8) is 0 Å². The number of esters is 1. The molecular formula is C20H26FN3O4. The molecule has 3 N–H and O–H groups in total. The molecule has 1 aliphatic rings. The van der Waals surface area contributed by atoms with Gasteiger partial charge in [0.2, 0.25) is 5.88 Å². The molecule has 0 fully saturated rings. The molecule has 2 rings (SSSR count). The van der Waals surface area contributed by atoms with Crippen LogP contribution in [0.3, 0.4) is 0 Å². The maximum atomic E-state index is 14.5. The Bertz CT molecular complexity index is 859. The number of aromatic nitrogens is 1. The number of allylic oxidation sites excluding steroid dienone is 3. The third-order valence-corrected chi connectivity index (χ3v) is 4.71. The fraction of sp³-hybridized carbons (Fsp3) is 0.450. The van der Waals surface area contributed by atoms with Crippen molar-refractivity contribution in [2.24, 2.45) is 22.2 Å². The van der Waals surface area contributed by atoms with E-state index in [0.29, 0.717) is 12.3 Å². The van der Waals surface area contributed by atoms with Gasteiger partial charge in [0.25, 0.3) is 0 Å². The first kappa shape index (κ1) is 21.4. The minimum absolute atomic E-state index is 0.117. The van der Waals surface area contributed by atoms with E-state index in [1.165, 1.54) is 13.2 Å². The lowest BCUT2D eigenvalue weighted by atomic mass is 9.84. The smallest absolute Gasteiger partial charge is 0.314 e. The summed E-state index contributed by atoms with van der Waals surface area (Å²) >= 11 is 0. The molecule has 8 heteroatoms. The highest BCUT2D eigenvalue weighted by molar-refractivity contribution is 5.99. The maximum absolute atomic E-state index is 14.5. The van der Waals surface area contributed by atoms with Crippen LogP contribution in [0.25, 0.3) is 5.57 Å². The van der Waals surface area contributed by atoms with Crippen molar-refractivity contribution in [2.45, 2.75) is 34.1 Å². The number of rotatable bonds is 6. The van der Waals surface area contributed by atoms with Crippen LogP contribution in [0.4, 0.5) is 4.39 Å². The van der Waals surface area contributed by atoms with Crippen LogP contribution in [0, 0.1) is 18.3 Å². The van der Waals surface area contributed by atoms with Crippen molar-refractivity contribution in [3.05, 3.63) is 40.9 Å². The van der Waals surface area contributed by atoms with Gasteiger partial charge in [-0.15, -0.1) is 0 Å². The first-order valence-corrected chi connectivity index (χ1v) is 8.87. The standard InChI is InChI=1S/C20H26FN3O4/c1-11-7-16(28-10-20(3,4)19(25)27-5)23-9-14(11)13-6-12(2)17(15(21)8-13)18(22)24-26/h7-9,12,26H,6,10H2,1-5H3,(H2,22,24). The molecule has 0 spiro atoms. The lowest BCUT2D eigenvalue weighted by molar-refractivity contribution is -0.152. The van der Waals surface area contributed by atoms with Gasteiger partial charge in [-0.3, -0.25) is 4.79 Å². The monoisotopic (exact) mass is 391 g/mol. The topological polar surface area (TPSA) is 107 Å². The molecule has 0 amide bonds. The lowest BCUT2D eigenvalue weighted by Crippen LogP contribution is -2.32. The fourth-order valence-electron chi connectivity index (χ4n) is 3.11. The second kappa shape index (κ2) is 8.41. The van der Waals surface area contributed by atoms with Crippen LogP contribution < -0.4 is 10.5 Å². The van der Waals surface area contributed by atoms with E-state index in [1.807, 2.05) is 13.8 Å². The van der Waals surface area contributed by atoms with E-state index in [-0.39, 0.29) is 29.9 Å². The highest BCUT2D eigenvalue weighted by atomic mass is 19.1. The van der Waals surface area contributed by atoms with E-state index in [4.69, 9.17) is 20.4 Å². The minimum Gasteiger partial charge on any atom is -0.476 e. The van der Waals surface area contributed by atoms with Crippen LogP contribution >= 0.6 is 0 Å². The Morgan fingerprint density at radius 1 is 1.50 bits per heavy atom. The van der Waals surface area contributed by atoms with Crippen molar-refractivity contribution in [3.8, 4) is 5.88 Å². The van der Waals surface area contributed by atoms with Gasteiger partial charge in [-0.05, 0) is 55.9 Å². The maximum Gasteiger partial charge on any atom is 0.314 e. The number of aryl methyl sites for hydroxylation is 1. The van der Waals surface area contributed by atoms with Crippen LogP contribution in [0.2, 0.25) is 0 Å². The summed E-state index contributed by atoms with van der Waals surface area (Å²) in [7, 11) is 1.33. The van der Waals surface area contributed by atoms with Gasteiger partial charge in [0.05, 0.1) is 12.5 Å². The number of amidine groups is 1. The Balaban J connectivity index is 2.24. The molecule has 1 atom stereocenters. The van der Waals surface area contributed by atoms with Crippen LogP contribution in [-0.2, 0) is 9.53 Å². The number of carbonyl (C=O) groups excluding carboxylic acids is 1. The molecular weight excluding hydrogens is 365 g/mol. The first-order chi connectivity index (χ1) is 13.1. The SMILES string of the molecule is COC(=O)C(C)(C)COc1cc(C)c(C2=CC(F)=C(C(N)=NO)C(C)C2)cn1. The Labute approximate surface area is 163 Å². The van der Waals surface area contributed by atoms with Crippen molar-refractivity contribution in [1.29, 1.82) is 0 Å². The van der Waals surface area contributed by atoms with Crippen LogP contribution in [-0.4, -0.2) is 35.7 Å².